The second-order valence-corrected chi connectivity index (χ2v) is 3.86. The first-order chi connectivity index (χ1) is 7.24. The van der Waals surface area contributed by atoms with Crippen molar-refractivity contribution in [3.8, 4) is 0 Å². The standard InChI is InChI=1S/C13H14BN/c1-10-2-6-12(7-3-10)15-13-8-4-11(14)5-9-13/h2-9,15H,14H2,1H3. The predicted molar refractivity (Wildman–Crippen MR) is 69.1 cm³/mol. The average molecular weight is 195 g/mol. The largest absolute Gasteiger partial charge is 0.356 e. The normalized spacial score (nSPS) is 9.93. The van der Waals surface area contributed by atoms with E-state index in [4.69, 9.17) is 0 Å². The van der Waals surface area contributed by atoms with Crippen molar-refractivity contribution in [2.75, 3.05) is 5.32 Å². The van der Waals surface area contributed by atoms with Gasteiger partial charge in [0.15, 0.2) is 0 Å². The Labute approximate surface area is 91.6 Å². The summed E-state index contributed by atoms with van der Waals surface area (Å²) in [5, 5.41) is 3.36. The number of hydrogen-bond acceptors (Lipinski definition) is 1. The van der Waals surface area contributed by atoms with Crippen molar-refractivity contribution < 1.29 is 0 Å². The van der Waals surface area contributed by atoms with Crippen LogP contribution >= 0.6 is 0 Å². The van der Waals surface area contributed by atoms with E-state index >= 15 is 0 Å². The minimum absolute atomic E-state index is 1.13. The summed E-state index contributed by atoms with van der Waals surface area (Å²) in [5.74, 6) is 0. The fraction of sp³-hybridized carbons (Fsp3) is 0.0769. The third-order valence-corrected chi connectivity index (χ3v) is 2.39. The zero-order chi connectivity index (χ0) is 10.7. The molecule has 0 saturated carbocycles. The minimum Gasteiger partial charge on any atom is -0.356 e. The Bertz CT molecular complexity index is 388. The highest BCUT2D eigenvalue weighted by molar-refractivity contribution is 6.32. The fourth-order valence-corrected chi connectivity index (χ4v) is 1.44. The molecule has 0 amide bonds. The SMILES string of the molecule is Bc1ccc(Nc2ccc(C)cc2)cc1. The number of nitrogens with one attached hydrogen (secondary N) is 1. The molecule has 0 aliphatic carbocycles. The molecule has 2 heteroatoms. The Hall–Kier alpha value is -1.70. The van der Waals surface area contributed by atoms with Crippen molar-refractivity contribution in [3.63, 3.8) is 0 Å². The van der Waals surface area contributed by atoms with Gasteiger partial charge >= 0.3 is 0 Å². The first-order valence-electron chi connectivity index (χ1n) is 5.14. The van der Waals surface area contributed by atoms with Crippen molar-refractivity contribution in [3.05, 3.63) is 54.1 Å². The van der Waals surface area contributed by atoms with Crippen molar-refractivity contribution in [2.24, 2.45) is 0 Å². The number of hydrogen-bond donors (Lipinski definition) is 1. The van der Waals surface area contributed by atoms with Gasteiger partial charge in [-0.15, -0.1) is 0 Å². The summed E-state index contributed by atoms with van der Waals surface area (Å²) in [5.41, 5.74) is 4.82. The second kappa shape index (κ2) is 4.22. The molecule has 0 radical (unpaired) electrons. The summed E-state index contributed by atoms with van der Waals surface area (Å²) in [6.07, 6.45) is 0. The van der Waals surface area contributed by atoms with Gasteiger partial charge in [0, 0.05) is 11.4 Å². The van der Waals surface area contributed by atoms with Crippen molar-refractivity contribution in [2.45, 2.75) is 6.92 Å². The maximum Gasteiger partial charge on any atom is 0.139 e. The zero-order valence-corrected chi connectivity index (χ0v) is 9.12. The summed E-state index contributed by atoms with van der Waals surface area (Å²) in [6.45, 7) is 2.09. The molecule has 0 spiro atoms. The molecule has 0 fully saturated rings. The van der Waals surface area contributed by atoms with Crippen LogP contribution in [0.2, 0.25) is 0 Å². The molecule has 2 aromatic rings. The Morgan fingerprint density at radius 1 is 0.800 bits per heavy atom. The first-order valence-corrected chi connectivity index (χ1v) is 5.14. The Kier molecular flexibility index (Phi) is 2.77. The van der Waals surface area contributed by atoms with E-state index in [0.29, 0.717) is 0 Å². The number of anilines is 2. The molecule has 0 atom stereocenters. The van der Waals surface area contributed by atoms with Gasteiger partial charge in [-0.05, 0) is 31.2 Å². The van der Waals surface area contributed by atoms with E-state index in [2.05, 4.69) is 68.6 Å². The van der Waals surface area contributed by atoms with Crippen LogP contribution in [0.1, 0.15) is 5.56 Å². The highest BCUT2D eigenvalue weighted by Gasteiger charge is 1.93. The molecular formula is C13H14BN. The summed E-state index contributed by atoms with van der Waals surface area (Å²) in [6, 6.07) is 16.8. The van der Waals surface area contributed by atoms with E-state index in [9.17, 15) is 0 Å². The molecule has 1 N–H and O–H groups in total. The van der Waals surface area contributed by atoms with E-state index < -0.39 is 0 Å². The lowest BCUT2D eigenvalue weighted by Crippen LogP contribution is -2.00. The Morgan fingerprint density at radius 3 is 1.80 bits per heavy atom. The summed E-state index contributed by atoms with van der Waals surface area (Å²) in [7, 11) is 2.09. The Morgan fingerprint density at radius 2 is 1.27 bits per heavy atom. The number of benzene rings is 2. The lowest BCUT2D eigenvalue weighted by atomic mass is 9.96. The first kappa shape index (κ1) is 9.84. The van der Waals surface area contributed by atoms with Crippen LogP contribution in [0, 0.1) is 6.92 Å². The molecule has 74 valence electrons. The summed E-state index contributed by atoms with van der Waals surface area (Å²) in [4.78, 5) is 0. The average Bonchev–Trinajstić information content (AvgIpc) is 2.25. The van der Waals surface area contributed by atoms with Crippen molar-refractivity contribution in [1.82, 2.24) is 0 Å². The Balaban J connectivity index is 2.15. The molecule has 0 aromatic heterocycles. The molecular weight excluding hydrogens is 181 g/mol. The van der Waals surface area contributed by atoms with Gasteiger partial charge in [-0.25, -0.2) is 0 Å². The van der Waals surface area contributed by atoms with Crippen LogP contribution in [0.15, 0.2) is 48.5 Å². The van der Waals surface area contributed by atoms with Gasteiger partial charge in [0.2, 0.25) is 0 Å². The lowest BCUT2D eigenvalue weighted by molar-refractivity contribution is 1.46. The van der Waals surface area contributed by atoms with Gasteiger partial charge in [-0.2, -0.15) is 0 Å². The summed E-state index contributed by atoms with van der Waals surface area (Å²) >= 11 is 0. The minimum atomic E-state index is 1.13. The van der Waals surface area contributed by atoms with Crippen molar-refractivity contribution in [1.29, 1.82) is 0 Å². The van der Waals surface area contributed by atoms with Crippen LogP contribution in [0.3, 0.4) is 0 Å². The number of rotatable bonds is 2. The third-order valence-electron chi connectivity index (χ3n) is 2.39. The summed E-state index contributed by atoms with van der Waals surface area (Å²) < 4.78 is 0. The van der Waals surface area contributed by atoms with Gasteiger partial charge in [0.1, 0.15) is 7.85 Å². The van der Waals surface area contributed by atoms with E-state index in [1.54, 1.807) is 0 Å². The van der Waals surface area contributed by atoms with Crippen LogP contribution in [0.4, 0.5) is 11.4 Å². The van der Waals surface area contributed by atoms with Crippen LogP contribution in [0.25, 0.3) is 0 Å². The zero-order valence-electron chi connectivity index (χ0n) is 9.12. The van der Waals surface area contributed by atoms with Gasteiger partial charge in [0.25, 0.3) is 0 Å². The molecule has 1 nitrogen and oxygen atoms in total. The van der Waals surface area contributed by atoms with E-state index in [0.717, 1.165) is 11.4 Å². The lowest BCUT2D eigenvalue weighted by Gasteiger charge is -2.06. The van der Waals surface area contributed by atoms with Gasteiger partial charge < -0.3 is 5.32 Å². The maximum absolute atomic E-state index is 3.36. The van der Waals surface area contributed by atoms with Crippen LogP contribution in [-0.2, 0) is 0 Å². The third kappa shape index (κ3) is 2.63. The van der Waals surface area contributed by atoms with Crippen molar-refractivity contribution >= 4 is 24.7 Å². The topological polar surface area (TPSA) is 12.0 Å². The van der Waals surface area contributed by atoms with Gasteiger partial charge in [0.05, 0.1) is 0 Å². The predicted octanol–water partition coefficient (Wildman–Crippen LogP) is 2.00. The molecule has 0 saturated heterocycles. The smallest absolute Gasteiger partial charge is 0.139 e. The monoisotopic (exact) mass is 195 g/mol. The fourth-order valence-electron chi connectivity index (χ4n) is 1.44. The molecule has 15 heavy (non-hydrogen) atoms. The van der Waals surface area contributed by atoms with Crippen LogP contribution < -0.4 is 10.8 Å². The highest BCUT2D eigenvalue weighted by atomic mass is 14.9. The highest BCUT2D eigenvalue weighted by Crippen LogP contribution is 2.15. The van der Waals surface area contributed by atoms with E-state index in [-0.39, 0.29) is 0 Å². The molecule has 0 bridgehead atoms. The quantitative estimate of drug-likeness (QED) is 0.722. The molecule has 2 rings (SSSR count). The second-order valence-electron chi connectivity index (χ2n) is 3.86. The molecule has 0 heterocycles. The van der Waals surface area contributed by atoms with Crippen LogP contribution in [-0.4, -0.2) is 7.85 Å². The van der Waals surface area contributed by atoms with E-state index in [1.165, 1.54) is 11.0 Å². The van der Waals surface area contributed by atoms with Gasteiger partial charge in [-0.1, -0.05) is 35.3 Å². The van der Waals surface area contributed by atoms with Crippen LogP contribution in [0.5, 0.6) is 0 Å². The van der Waals surface area contributed by atoms with E-state index in [1.807, 2.05) is 0 Å². The molecule has 0 aliphatic rings. The maximum atomic E-state index is 3.36. The molecule has 2 aromatic carbocycles. The number of aryl methyl sites for hydroxylation is 1. The molecule has 0 unspecified atom stereocenters. The van der Waals surface area contributed by atoms with Gasteiger partial charge in [-0.3, -0.25) is 0 Å². The molecule has 0 aliphatic heterocycles.